The van der Waals surface area contributed by atoms with E-state index in [9.17, 15) is 14.0 Å². The number of benzene rings is 1. The second-order valence-electron chi connectivity index (χ2n) is 6.92. The van der Waals surface area contributed by atoms with E-state index in [1.807, 2.05) is 4.90 Å². The van der Waals surface area contributed by atoms with Crippen molar-refractivity contribution in [2.45, 2.75) is 6.54 Å². The van der Waals surface area contributed by atoms with Gasteiger partial charge in [0, 0.05) is 55.9 Å². The van der Waals surface area contributed by atoms with Crippen molar-refractivity contribution in [3.63, 3.8) is 0 Å². The molecule has 0 unspecified atom stereocenters. The maximum Gasteiger partial charge on any atom is 0.267 e. The molecular formula is C21H19ClFN5O2. The van der Waals surface area contributed by atoms with Gasteiger partial charge in [-0.2, -0.15) is 5.10 Å². The number of hydrogen-bond acceptors (Lipinski definition) is 5. The lowest BCUT2D eigenvalue weighted by Crippen LogP contribution is -2.50. The highest BCUT2D eigenvalue weighted by Crippen LogP contribution is 2.23. The molecule has 1 aromatic carbocycles. The lowest BCUT2D eigenvalue weighted by Gasteiger charge is -2.36. The molecule has 1 saturated heterocycles. The van der Waals surface area contributed by atoms with E-state index in [2.05, 4.69) is 10.1 Å². The molecule has 0 atom stereocenters. The molecule has 1 amide bonds. The first kappa shape index (κ1) is 20.0. The summed E-state index contributed by atoms with van der Waals surface area (Å²) in [6, 6.07) is 11.2. The summed E-state index contributed by atoms with van der Waals surface area (Å²) < 4.78 is 14.6. The Kier molecular flexibility index (Phi) is 5.76. The zero-order valence-electron chi connectivity index (χ0n) is 16.0. The quantitative estimate of drug-likeness (QED) is 0.639. The van der Waals surface area contributed by atoms with Gasteiger partial charge in [0.05, 0.1) is 10.7 Å². The van der Waals surface area contributed by atoms with E-state index in [-0.39, 0.29) is 23.0 Å². The molecular weight excluding hydrogens is 409 g/mol. The minimum absolute atomic E-state index is 0.0746. The number of anilines is 1. The van der Waals surface area contributed by atoms with Crippen molar-refractivity contribution in [1.29, 1.82) is 0 Å². The smallest absolute Gasteiger partial charge is 0.267 e. The molecule has 3 aromatic rings. The van der Waals surface area contributed by atoms with Crippen LogP contribution in [-0.2, 0) is 11.3 Å². The number of aromatic nitrogens is 3. The summed E-state index contributed by atoms with van der Waals surface area (Å²) in [5.74, 6) is -0.630. The number of nitrogens with zero attached hydrogens (tertiary/aromatic N) is 5. The average Bonchev–Trinajstić information content (AvgIpc) is 2.78. The molecule has 4 rings (SSSR count). The van der Waals surface area contributed by atoms with Crippen LogP contribution in [0.3, 0.4) is 0 Å². The minimum Gasteiger partial charge on any atom is -0.368 e. The molecule has 154 valence electrons. The van der Waals surface area contributed by atoms with E-state index in [1.54, 1.807) is 47.6 Å². The van der Waals surface area contributed by atoms with Gasteiger partial charge in [-0.1, -0.05) is 11.6 Å². The third kappa shape index (κ3) is 4.33. The molecule has 2 aromatic heterocycles. The molecule has 7 nitrogen and oxygen atoms in total. The normalized spacial score (nSPS) is 14.1. The molecule has 1 fully saturated rings. The predicted molar refractivity (Wildman–Crippen MR) is 112 cm³/mol. The van der Waals surface area contributed by atoms with Crippen LogP contribution in [0.4, 0.5) is 10.1 Å². The number of piperazine rings is 1. The molecule has 30 heavy (non-hydrogen) atoms. The van der Waals surface area contributed by atoms with Crippen molar-refractivity contribution in [3.8, 4) is 11.3 Å². The van der Waals surface area contributed by atoms with Gasteiger partial charge in [0.2, 0.25) is 5.91 Å². The summed E-state index contributed by atoms with van der Waals surface area (Å²) in [5.41, 5.74) is 1.90. The number of halogens is 2. The Morgan fingerprint density at radius 3 is 2.47 bits per heavy atom. The predicted octanol–water partition coefficient (Wildman–Crippen LogP) is 2.45. The number of amides is 1. The maximum absolute atomic E-state index is 13.4. The fraction of sp³-hybridized carbons (Fsp3) is 0.238. The van der Waals surface area contributed by atoms with E-state index in [0.29, 0.717) is 31.9 Å². The van der Waals surface area contributed by atoms with Crippen molar-refractivity contribution in [2.24, 2.45) is 0 Å². The Labute approximate surface area is 177 Å². The molecule has 0 bridgehead atoms. The first-order valence-electron chi connectivity index (χ1n) is 9.47. The molecule has 1 aliphatic rings. The van der Waals surface area contributed by atoms with E-state index in [1.165, 1.54) is 16.8 Å². The highest BCUT2D eigenvalue weighted by molar-refractivity contribution is 6.31. The Bertz CT molecular complexity index is 1110. The molecule has 1 aliphatic heterocycles. The lowest BCUT2D eigenvalue weighted by atomic mass is 10.2. The van der Waals surface area contributed by atoms with Gasteiger partial charge >= 0.3 is 0 Å². The van der Waals surface area contributed by atoms with Crippen molar-refractivity contribution < 1.29 is 9.18 Å². The third-order valence-corrected chi connectivity index (χ3v) is 5.32. The van der Waals surface area contributed by atoms with Gasteiger partial charge in [0.1, 0.15) is 12.4 Å². The zero-order chi connectivity index (χ0) is 21.1. The molecule has 0 N–H and O–H groups in total. The lowest BCUT2D eigenvalue weighted by molar-refractivity contribution is -0.132. The largest absolute Gasteiger partial charge is 0.368 e. The molecule has 0 aliphatic carbocycles. The van der Waals surface area contributed by atoms with E-state index < -0.39 is 5.82 Å². The molecule has 0 radical (unpaired) electrons. The van der Waals surface area contributed by atoms with Crippen molar-refractivity contribution in [2.75, 3.05) is 31.1 Å². The van der Waals surface area contributed by atoms with Crippen LogP contribution in [0.5, 0.6) is 0 Å². The highest BCUT2D eigenvalue weighted by Gasteiger charge is 2.22. The Hall–Kier alpha value is -3.26. The Morgan fingerprint density at radius 2 is 1.77 bits per heavy atom. The number of rotatable bonds is 4. The van der Waals surface area contributed by atoms with Gasteiger partial charge in [0.25, 0.3) is 5.56 Å². The van der Waals surface area contributed by atoms with E-state index in [0.717, 1.165) is 11.3 Å². The van der Waals surface area contributed by atoms with Crippen LogP contribution in [0.25, 0.3) is 11.3 Å². The summed E-state index contributed by atoms with van der Waals surface area (Å²) in [5, 5.41) is 4.40. The number of carbonyl (C=O) groups is 1. The number of hydrogen-bond donors (Lipinski definition) is 0. The van der Waals surface area contributed by atoms with Gasteiger partial charge in [0.15, 0.2) is 0 Å². The third-order valence-electron chi connectivity index (χ3n) is 5.03. The topological polar surface area (TPSA) is 71.3 Å². The summed E-state index contributed by atoms with van der Waals surface area (Å²) in [7, 11) is 0. The van der Waals surface area contributed by atoms with Crippen LogP contribution < -0.4 is 10.5 Å². The van der Waals surface area contributed by atoms with Gasteiger partial charge in [-0.15, -0.1) is 0 Å². The van der Waals surface area contributed by atoms with Gasteiger partial charge in [-0.25, -0.2) is 9.07 Å². The standard InChI is InChI=1S/C21H19ClFN5O2/c22-17-13-16(1-2-18(17)23)26-9-11-27(12-10-26)21(30)14-28-20(29)4-3-19(25-28)15-5-7-24-8-6-15/h1-8,13H,9-12,14H2. The molecule has 9 heteroatoms. The first-order chi connectivity index (χ1) is 14.5. The number of carbonyl (C=O) groups excluding carboxylic acids is 1. The van der Waals surface area contributed by atoms with E-state index in [4.69, 9.17) is 11.6 Å². The second kappa shape index (κ2) is 8.62. The van der Waals surface area contributed by atoms with E-state index >= 15 is 0 Å². The fourth-order valence-electron chi connectivity index (χ4n) is 3.36. The number of pyridine rings is 1. The summed E-state index contributed by atoms with van der Waals surface area (Å²) in [4.78, 5) is 32.6. The van der Waals surface area contributed by atoms with Crippen LogP contribution in [-0.4, -0.2) is 51.8 Å². The van der Waals surface area contributed by atoms with Gasteiger partial charge < -0.3 is 9.80 Å². The summed E-state index contributed by atoms with van der Waals surface area (Å²) in [6.45, 7) is 2.04. The summed E-state index contributed by atoms with van der Waals surface area (Å²) >= 11 is 5.87. The van der Waals surface area contributed by atoms with Crippen LogP contribution in [0.1, 0.15) is 0 Å². The molecule has 3 heterocycles. The molecule has 0 spiro atoms. The first-order valence-corrected chi connectivity index (χ1v) is 9.85. The fourth-order valence-corrected chi connectivity index (χ4v) is 3.54. The van der Waals surface area contributed by atoms with Crippen molar-refractivity contribution in [1.82, 2.24) is 19.7 Å². The van der Waals surface area contributed by atoms with Crippen LogP contribution in [0, 0.1) is 5.82 Å². The monoisotopic (exact) mass is 427 g/mol. The SMILES string of the molecule is O=C(Cn1nc(-c2ccncc2)ccc1=O)N1CCN(c2ccc(F)c(Cl)c2)CC1. The highest BCUT2D eigenvalue weighted by atomic mass is 35.5. The van der Waals surface area contributed by atoms with Crippen molar-refractivity contribution >= 4 is 23.2 Å². The zero-order valence-corrected chi connectivity index (χ0v) is 16.8. The van der Waals surface area contributed by atoms with Crippen LogP contribution in [0.15, 0.2) is 59.7 Å². The van der Waals surface area contributed by atoms with Crippen LogP contribution >= 0.6 is 11.6 Å². The molecule has 0 saturated carbocycles. The summed E-state index contributed by atoms with van der Waals surface area (Å²) in [6.07, 6.45) is 3.29. The van der Waals surface area contributed by atoms with Gasteiger partial charge in [-0.05, 0) is 36.4 Å². The Morgan fingerprint density at radius 1 is 1.03 bits per heavy atom. The maximum atomic E-state index is 13.4. The van der Waals surface area contributed by atoms with Gasteiger partial charge in [-0.3, -0.25) is 14.6 Å². The Balaban J connectivity index is 1.41. The van der Waals surface area contributed by atoms with Crippen LogP contribution in [0.2, 0.25) is 5.02 Å². The van der Waals surface area contributed by atoms with Crippen molar-refractivity contribution in [3.05, 3.63) is 76.1 Å². The minimum atomic E-state index is -0.457. The average molecular weight is 428 g/mol. The second-order valence-corrected chi connectivity index (χ2v) is 7.32.